The quantitative estimate of drug-likeness (QED) is 0.840. The normalized spacial score (nSPS) is 26.0. The van der Waals surface area contributed by atoms with Crippen LogP contribution in [0.5, 0.6) is 0 Å². The fourth-order valence-corrected chi connectivity index (χ4v) is 4.27. The van der Waals surface area contributed by atoms with Gasteiger partial charge in [-0.15, -0.1) is 11.3 Å². The number of nitrogens with zero attached hydrogens (tertiary/aromatic N) is 2. The maximum Gasteiger partial charge on any atom is 0.263 e. The Balaban J connectivity index is 1.65. The summed E-state index contributed by atoms with van der Waals surface area (Å²) in [6.07, 6.45) is 5.28. The SMILES string of the molecule is CC1CCCCN1C(=O)C1CCCN(C(=O)c2cccs2)C1. The first-order valence-electron chi connectivity index (χ1n) is 8.30. The molecule has 2 unspecified atom stereocenters. The molecular formula is C17H24N2O2S. The van der Waals surface area contributed by atoms with Gasteiger partial charge in [-0.25, -0.2) is 0 Å². The van der Waals surface area contributed by atoms with Crippen molar-refractivity contribution in [2.24, 2.45) is 5.92 Å². The monoisotopic (exact) mass is 320 g/mol. The average molecular weight is 320 g/mol. The molecule has 120 valence electrons. The number of piperidine rings is 2. The van der Waals surface area contributed by atoms with E-state index in [9.17, 15) is 9.59 Å². The Bertz CT molecular complexity index is 529. The second-order valence-electron chi connectivity index (χ2n) is 6.44. The molecule has 2 fully saturated rings. The van der Waals surface area contributed by atoms with Crippen LogP contribution in [0.15, 0.2) is 17.5 Å². The molecule has 4 nitrogen and oxygen atoms in total. The molecule has 2 saturated heterocycles. The Hall–Kier alpha value is -1.36. The van der Waals surface area contributed by atoms with Gasteiger partial charge in [-0.2, -0.15) is 0 Å². The zero-order valence-corrected chi connectivity index (χ0v) is 14.0. The van der Waals surface area contributed by atoms with Gasteiger partial charge in [0, 0.05) is 25.7 Å². The molecule has 0 saturated carbocycles. The van der Waals surface area contributed by atoms with Crippen LogP contribution in [0, 0.1) is 5.92 Å². The Kier molecular flexibility index (Phi) is 4.81. The highest BCUT2D eigenvalue weighted by Gasteiger charge is 2.34. The first kappa shape index (κ1) is 15.5. The van der Waals surface area contributed by atoms with Crippen LogP contribution in [0.1, 0.15) is 48.7 Å². The van der Waals surface area contributed by atoms with Crippen LogP contribution < -0.4 is 0 Å². The van der Waals surface area contributed by atoms with E-state index in [0.717, 1.165) is 43.6 Å². The second kappa shape index (κ2) is 6.82. The maximum absolute atomic E-state index is 12.8. The molecule has 3 heterocycles. The van der Waals surface area contributed by atoms with Crippen LogP contribution in [0.3, 0.4) is 0 Å². The third-order valence-electron chi connectivity index (χ3n) is 4.88. The topological polar surface area (TPSA) is 40.6 Å². The molecular weight excluding hydrogens is 296 g/mol. The molecule has 3 rings (SSSR count). The highest BCUT2D eigenvalue weighted by atomic mass is 32.1. The Morgan fingerprint density at radius 2 is 2.05 bits per heavy atom. The molecule has 0 spiro atoms. The number of amides is 2. The van der Waals surface area contributed by atoms with Gasteiger partial charge in [-0.3, -0.25) is 9.59 Å². The van der Waals surface area contributed by atoms with E-state index < -0.39 is 0 Å². The zero-order chi connectivity index (χ0) is 15.5. The van der Waals surface area contributed by atoms with Gasteiger partial charge in [0.1, 0.15) is 0 Å². The first-order valence-corrected chi connectivity index (χ1v) is 9.18. The molecule has 0 radical (unpaired) electrons. The highest BCUT2D eigenvalue weighted by molar-refractivity contribution is 7.12. The summed E-state index contributed by atoms with van der Waals surface area (Å²) < 4.78 is 0. The predicted octanol–water partition coefficient (Wildman–Crippen LogP) is 3.00. The largest absolute Gasteiger partial charge is 0.340 e. The summed E-state index contributed by atoms with van der Waals surface area (Å²) in [4.78, 5) is 30.0. The zero-order valence-electron chi connectivity index (χ0n) is 13.2. The molecule has 22 heavy (non-hydrogen) atoms. The summed E-state index contributed by atoms with van der Waals surface area (Å²) in [6.45, 7) is 4.39. The molecule has 2 atom stereocenters. The fraction of sp³-hybridized carbons (Fsp3) is 0.647. The summed E-state index contributed by atoms with van der Waals surface area (Å²) in [5.41, 5.74) is 0. The lowest BCUT2D eigenvalue weighted by molar-refractivity contribution is -0.140. The van der Waals surface area contributed by atoms with Gasteiger partial charge in [-0.05, 0) is 50.5 Å². The third kappa shape index (κ3) is 3.19. The molecule has 0 bridgehead atoms. The predicted molar refractivity (Wildman–Crippen MR) is 88.0 cm³/mol. The summed E-state index contributed by atoms with van der Waals surface area (Å²) in [5.74, 6) is 0.327. The molecule has 1 aromatic heterocycles. The molecule has 2 aliphatic heterocycles. The molecule has 2 aliphatic rings. The minimum atomic E-state index is -0.0155. The summed E-state index contributed by atoms with van der Waals surface area (Å²) in [6, 6.07) is 4.12. The lowest BCUT2D eigenvalue weighted by Crippen LogP contribution is -2.50. The van der Waals surface area contributed by atoms with Crippen LogP contribution in [0.2, 0.25) is 0 Å². The van der Waals surface area contributed by atoms with Crippen molar-refractivity contribution in [3.8, 4) is 0 Å². The summed E-state index contributed by atoms with van der Waals surface area (Å²) in [7, 11) is 0. The molecule has 2 amide bonds. The molecule has 1 aromatic rings. The number of carbonyl (C=O) groups excluding carboxylic acids is 2. The van der Waals surface area contributed by atoms with E-state index in [-0.39, 0.29) is 17.7 Å². The van der Waals surface area contributed by atoms with Crippen molar-refractivity contribution < 1.29 is 9.59 Å². The fourth-order valence-electron chi connectivity index (χ4n) is 3.58. The Morgan fingerprint density at radius 1 is 1.18 bits per heavy atom. The van der Waals surface area contributed by atoms with Crippen LogP contribution in [-0.4, -0.2) is 47.3 Å². The Labute approximate surface area is 136 Å². The number of hydrogen-bond donors (Lipinski definition) is 0. The Morgan fingerprint density at radius 3 is 2.77 bits per heavy atom. The highest BCUT2D eigenvalue weighted by Crippen LogP contribution is 2.25. The minimum Gasteiger partial charge on any atom is -0.340 e. The van der Waals surface area contributed by atoms with E-state index in [2.05, 4.69) is 6.92 Å². The third-order valence-corrected chi connectivity index (χ3v) is 5.73. The van der Waals surface area contributed by atoms with Gasteiger partial charge in [0.15, 0.2) is 0 Å². The lowest BCUT2D eigenvalue weighted by atomic mass is 9.94. The van der Waals surface area contributed by atoms with E-state index in [1.165, 1.54) is 17.8 Å². The molecule has 0 aromatic carbocycles. The van der Waals surface area contributed by atoms with E-state index in [1.54, 1.807) is 0 Å². The molecule has 0 N–H and O–H groups in total. The van der Waals surface area contributed by atoms with E-state index in [0.29, 0.717) is 12.6 Å². The molecule has 5 heteroatoms. The van der Waals surface area contributed by atoms with Gasteiger partial charge in [0.05, 0.1) is 10.8 Å². The summed E-state index contributed by atoms with van der Waals surface area (Å²) >= 11 is 1.48. The van der Waals surface area contributed by atoms with Crippen molar-refractivity contribution in [2.45, 2.75) is 45.1 Å². The van der Waals surface area contributed by atoms with E-state index in [1.807, 2.05) is 27.3 Å². The van der Waals surface area contributed by atoms with Crippen molar-refractivity contribution in [3.05, 3.63) is 22.4 Å². The van der Waals surface area contributed by atoms with E-state index in [4.69, 9.17) is 0 Å². The van der Waals surface area contributed by atoms with Crippen molar-refractivity contribution in [1.82, 2.24) is 9.80 Å². The van der Waals surface area contributed by atoms with Gasteiger partial charge >= 0.3 is 0 Å². The first-order chi connectivity index (χ1) is 10.7. The van der Waals surface area contributed by atoms with Crippen molar-refractivity contribution in [1.29, 1.82) is 0 Å². The number of thiophene rings is 1. The molecule has 0 aliphatic carbocycles. The minimum absolute atomic E-state index is 0.0155. The van der Waals surface area contributed by atoms with Gasteiger partial charge < -0.3 is 9.80 Å². The lowest BCUT2D eigenvalue weighted by Gasteiger charge is -2.39. The smallest absolute Gasteiger partial charge is 0.263 e. The van der Waals surface area contributed by atoms with Crippen molar-refractivity contribution >= 4 is 23.2 Å². The number of rotatable bonds is 2. The number of likely N-dealkylation sites (tertiary alicyclic amines) is 2. The summed E-state index contributed by atoms with van der Waals surface area (Å²) in [5, 5.41) is 1.93. The van der Waals surface area contributed by atoms with Crippen LogP contribution >= 0.6 is 11.3 Å². The number of hydrogen-bond acceptors (Lipinski definition) is 3. The van der Waals surface area contributed by atoms with Crippen molar-refractivity contribution in [2.75, 3.05) is 19.6 Å². The second-order valence-corrected chi connectivity index (χ2v) is 7.39. The number of carbonyl (C=O) groups is 2. The van der Waals surface area contributed by atoms with Gasteiger partial charge in [0.2, 0.25) is 5.91 Å². The van der Waals surface area contributed by atoms with Gasteiger partial charge in [-0.1, -0.05) is 6.07 Å². The standard InChI is InChI=1S/C17H24N2O2S/c1-13-6-2-3-10-19(13)16(20)14-7-4-9-18(12-14)17(21)15-8-5-11-22-15/h5,8,11,13-14H,2-4,6-7,9-10,12H2,1H3. The van der Waals surface area contributed by atoms with Crippen LogP contribution in [0.4, 0.5) is 0 Å². The van der Waals surface area contributed by atoms with Crippen molar-refractivity contribution in [3.63, 3.8) is 0 Å². The average Bonchev–Trinajstić information content (AvgIpc) is 3.08. The van der Waals surface area contributed by atoms with Gasteiger partial charge in [0.25, 0.3) is 5.91 Å². The maximum atomic E-state index is 12.8. The van der Waals surface area contributed by atoms with Crippen LogP contribution in [-0.2, 0) is 4.79 Å². The van der Waals surface area contributed by atoms with Crippen LogP contribution in [0.25, 0.3) is 0 Å². The van der Waals surface area contributed by atoms with E-state index >= 15 is 0 Å².